The first-order valence-corrected chi connectivity index (χ1v) is 11.6. The Morgan fingerprint density at radius 1 is 1.36 bits per heavy atom. The number of fused-ring (bicyclic) bond motifs is 1. The van der Waals surface area contributed by atoms with Gasteiger partial charge in [0.05, 0.1) is 17.1 Å². The van der Waals surface area contributed by atoms with Gasteiger partial charge in [-0.05, 0) is 38.3 Å². The fourth-order valence-corrected chi connectivity index (χ4v) is 6.35. The summed E-state index contributed by atoms with van der Waals surface area (Å²) in [5.41, 5.74) is 2.64. The highest BCUT2D eigenvalue weighted by atomic mass is 32.2. The van der Waals surface area contributed by atoms with Crippen LogP contribution >= 0.6 is 11.3 Å². The van der Waals surface area contributed by atoms with Crippen molar-refractivity contribution in [3.63, 3.8) is 0 Å². The van der Waals surface area contributed by atoms with Gasteiger partial charge >= 0.3 is 0 Å². The van der Waals surface area contributed by atoms with Crippen LogP contribution in [0, 0.1) is 13.8 Å². The molecule has 4 rings (SSSR count). The van der Waals surface area contributed by atoms with Crippen molar-refractivity contribution in [3.8, 4) is 0 Å². The SMILES string of the molecule is Cc1ccc(S(=O)(=O)N2CCc3nc(NC(=O)C4CCCO4)sc3C2)c(C)c1. The van der Waals surface area contributed by atoms with Gasteiger partial charge in [0, 0.05) is 24.4 Å². The number of carbonyl (C=O) groups excluding carboxylic acids is 1. The lowest BCUT2D eigenvalue weighted by Gasteiger charge is -2.26. The second-order valence-corrected chi connectivity index (χ2v) is 10.2. The van der Waals surface area contributed by atoms with E-state index >= 15 is 0 Å². The Labute approximate surface area is 168 Å². The molecule has 1 unspecified atom stereocenters. The number of nitrogens with zero attached hydrogens (tertiary/aromatic N) is 2. The van der Waals surface area contributed by atoms with E-state index < -0.39 is 16.1 Å². The van der Waals surface area contributed by atoms with Crippen molar-refractivity contribution in [2.75, 3.05) is 18.5 Å². The molecule has 2 aromatic rings. The third-order valence-corrected chi connectivity index (χ3v) is 8.10. The van der Waals surface area contributed by atoms with Gasteiger partial charge in [-0.1, -0.05) is 17.7 Å². The summed E-state index contributed by atoms with van der Waals surface area (Å²) >= 11 is 1.34. The number of amides is 1. The zero-order valence-corrected chi connectivity index (χ0v) is 17.5. The van der Waals surface area contributed by atoms with Crippen molar-refractivity contribution < 1.29 is 17.9 Å². The van der Waals surface area contributed by atoms with E-state index in [2.05, 4.69) is 10.3 Å². The summed E-state index contributed by atoms with van der Waals surface area (Å²) in [6, 6.07) is 5.38. The van der Waals surface area contributed by atoms with Crippen molar-refractivity contribution in [1.29, 1.82) is 0 Å². The Bertz CT molecular complexity index is 1010. The molecule has 1 amide bonds. The molecule has 1 saturated heterocycles. The minimum atomic E-state index is -3.57. The summed E-state index contributed by atoms with van der Waals surface area (Å²) in [5.74, 6) is -0.177. The highest BCUT2D eigenvalue weighted by molar-refractivity contribution is 7.89. The number of rotatable bonds is 4. The lowest BCUT2D eigenvalue weighted by molar-refractivity contribution is -0.124. The van der Waals surface area contributed by atoms with Gasteiger partial charge < -0.3 is 4.74 Å². The fourth-order valence-electron chi connectivity index (χ4n) is 3.63. The molecule has 2 aliphatic heterocycles. The lowest BCUT2D eigenvalue weighted by atomic mass is 10.2. The van der Waals surface area contributed by atoms with Crippen molar-refractivity contribution >= 4 is 32.4 Å². The zero-order chi connectivity index (χ0) is 19.9. The average Bonchev–Trinajstić information content (AvgIpc) is 3.30. The predicted molar refractivity (Wildman–Crippen MR) is 107 cm³/mol. The molecular weight excluding hydrogens is 398 g/mol. The zero-order valence-electron chi connectivity index (χ0n) is 15.9. The first kappa shape index (κ1) is 19.5. The molecule has 1 aromatic heterocycles. The van der Waals surface area contributed by atoms with Crippen LogP contribution in [0.25, 0.3) is 0 Å². The molecule has 7 nitrogen and oxygen atoms in total. The lowest BCUT2D eigenvalue weighted by Crippen LogP contribution is -2.35. The second kappa shape index (κ2) is 7.55. The van der Waals surface area contributed by atoms with Gasteiger partial charge in [-0.2, -0.15) is 4.31 Å². The van der Waals surface area contributed by atoms with E-state index in [1.54, 1.807) is 6.07 Å². The maximum atomic E-state index is 13.1. The number of hydrogen-bond donors (Lipinski definition) is 1. The van der Waals surface area contributed by atoms with Gasteiger partial charge in [-0.15, -0.1) is 11.3 Å². The van der Waals surface area contributed by atoms with Gasteiger partial charge in [0.25, 0.3) is 5.91 Å². The first-order valence-electron chi connectivity index (χ1n) is 9.33. The van der Waals surface area contributed by atoms with Gasteiger partial charge in [0.1, 0.15) is 6.10 Å². The first-order chi connectivity index (χ1) is 13.3. The van der Waals surface area contributed by atoms with Gasteiger partial charge in [0.15, 0.2) is 5.13 Å². The van der Waals surface area contributed by atoms with Crippen molar-refractivity contribution in [2.24, 2.45) is 0 Å². The van der Waals surface area contributed by atoms with Gasteiger partial charge in [0.2, 0.25) is 10.0 Å². The molecule has 2 aliphatic rings. The number of anilines is 1. The Hall–Kier alpha value is -1.81. The van der Waals surface area contributed by atoms with Gasteiger partial charge in [-0.25, -0.2) is 13.4 Å². The van der Waals surface area contributed by atoms with Crippen molar-refractivity contribution in [3.05, 3.63) is 39.9 Å². The summed E-state index contributed by atoms with van der Waals surface area (Å²) in [4.78, 5) is 17.9. The predicted octanol–water partition coefficient (Wildman–Crippen LogP) is 2.62. The van der Waals surface area contributed by atoms with E-state index in [-0.39, 0.29) is 12.5 Å². The number of hydrogen-bond acceptors (Lipinski definition) is 6. The minimum Gasteiger partial charge on any atom is -0.368 e. The van der Waals surface area contributed by atoms with Crippen LogP contribution in [0.2, 0.25) is 0 Å². The normalized spacial score (nSPS) is 20.1. The number of benzene rings is 1. The number of aromatic nitrogens is 1. The van der Waals surface area contributed by atoms with Crippen LogP contribution in [0.5, 0.6) is 0 Å². The Morgan fingerprint density at radius 3 is 2.89 bits per heavy atom. The Kier molecular flexibility index (Phi) is 5.26. The maximum absolute atomic E-state index is 13.1. The van der Waals surface area contributed by atoms with Crippen molar-refractivity contribution in [1.82, 2.24) is 9.29 Å². The number of thiazole rings is 1. The van der Waals surface area contributed by atoms with Crippen LogP contribution in [0.15, 0.2) is 23.1 Å². The minimum absolute atomic E-state index is 0.177. The van der Waals surface area contributed by atoms with Crippen LogP contribution in [0.3, 0.4) is 0 Å². The summed E-state index contributed by atoms with van der Waals surface area (Å²) in [7, 11) is -3.57. The molecule has 9 heteroatoms. The van der Waals surface area contributed by atoms with E-state index in [0.717, 1.165) is 34.5 Å². The van der Waals surface area contributed by atoms with Crippen LogP contribution in [0.1, 0.15) is 34.5 Å². The number of aryl methyl sites for hydroxylation is 2. The van der Waals surface area contributed by atoms with Gasteiger partial charge in [-0.3, -0.25) is 10.1 Å². The molecule has 1 aromatic carbocycles. The fraction of sp³-hybridized carbons (Fsp3) is 0.474. The summed E-state index contributed by atoms with van der Waals surface area (Å²) < 4.78 is 33.1. The molecule has 1 fully saturated rings. The third kappa shape index (κ3) is 3.71. The molecule has 0 aliphatic carbocycles. The van der Waals surface area contributed by atoms with E-state index in [0.29, 0.717) is 29.6 Å². The molecule has 1 N–H and O–H groups in total. The molecule has 28 heavy (non-hydrogen) atoms. The quantitative estimate of drug-likeness (QED) is 0.820. The van der Waals surface area contributed by atoms with Crippen LogP contribution in [-0.4, -0.2) is 42.9 Å². The van der Waals surface area contributed by atoms with Crippen LogP contribution in [0.4, 0.5) is 5.13 Å². The van der Waals surface area contributed by atoms with Crippen LogP contribution < -0.4 is 5.32 Å². The van der Waals surface area contributed by atoms with E-state index in [1.165, 1.54) is 15.6 Å². The molecular formula is C19H23N3O4S2. The number of sulfonamides is 1. The number of carbonyl (C=O) groups is 1. The van der Waals surface area contributed by atoms with E-state index in [9.17, 15) is 13.2 Å². The maximum Gasteiger partial charge on any atom is 0.255 e. The second-order valence-electron chi connectivity index (χ2n) is 7.24. The standard InChI is InChI=1S/C19H23N3O4S2/c1-12-5-6-17(13(2)10-12)28(24,25)22-8-7-14-16(11-22)27-19(20-14)21-18(23)15-4-3-9-26-15/h5-6,10,15H,3-4,7-9,11H2,1-2H3,(H,20,21,23). The topological polar surface area (TPSA) is 88.6 Å². The molecule has 1 atom stereocenters. The number of ether oxygens (including phenoxy) is 1. The summed E-state index contributed by atoms with van der Waals surface area (Å²) in [6.07, 6.45) is 1.73. The monoisotopic (exact) mass is 421 g/mol. The molecule has 0 bridgehead atoms. The average molecular weight is 422 g/mol. The molecule has 0 radical (unpaired) electrons. The molecule has 3 heterocycles. The van der Waals surface area contributed by atoms with Crippen molar-refractivity contribution in [2.45, 2.75) is 50.7 Å². The molecule has 0 saturated carbocycles. The Balaban J connectivity index is 1.51. The smallest absolute Gasteiger partial charge is 0.255 e. The molecule has 0 spiro atoms. The summed E-state index contributed by atoms with van der Waals surface area (Å²) in [5, 5.41) is 3.33. The Morgan fingerprint density at radius 2 is 2.18 bits per heavy atom. The highest BCUT2D eigenvalue weighted by Gasteiger charge is 2.32. The van der Waals surface area contributed by atoms with E-state index in [4.69, 9.17) is 4.74 Å². The van der Waals surface area contributed by atoms with Crippen LogP contribution in [-0.2, 0) is 32.5 Å². The highest BCUT2D eigenvalue weighted by Crippen LogP contribution is 2.32. The van der Waals surface area contributed by atoms with E-state index in [1.807, 2.05) is 26.0 Å². The largest absolute Gasteiger partial charge is 0.368 e. The third-order valence-electron chi connectivity index (χ3n) is 5.10. The summed E-state index contributed by atoms with van der Waals surface area (Å²) in [6.45, 7) is 5.03. The molecule has 150 valence electrons. The number of nitrogens with one attached hydrogen (secondary N) is 1.